The lowest BCUT2D eigenvalue weighted by atomic mass is 9.99. The smallest absolute Gasteiger partial charge is 0.410 e. The van der Waals surface area contributed by atoms with Crippen LogP contribution >= 0.6 is 22.7 Å². The number of piperidine rings is 1. The van der Waals surface area contributed by atoms with Crippen molar-refractivity contribution >= 4 is 76.6 Å². The van der Waals surface area contributed by atoms with Gasteiger partial charge in [0.25, 0.3) is 0 Å². The largest absolute Gasteiger partial charge is 0.494 e. The van der Waals surface area contributed by atoms with Crippen LogP contribution in [-0.2, 0) is 18.8 Å². The SMILES string of the molecule is COc1cc(-c2cc(C)c3nn(C)cc3c2)cc2sc(C3=CCN(C(=O)OC(C)(C)C)CC3)nc12.COc1cc(-c2cc(C)c3nn(C)cc3c2)cc2sc(C3CCNCC3)nc12. The van der Waals surface area contributed by atoms with Gasteiger partial charge in [0.2, 0.25) is 0 Å². The molecular weight excluding hydrogens is 829 g/mol. The summed E-state index contributed by atoms with van der Waals surface area (Å²) in [6, 6.07) is 17.4. The molecule has 0 atom stereocenters. The summed E-state index contributed by atoms with van der Waals surface area (Å²) >= 11 is 3.48. The van der Waals surface area contributed by atoms with Gasteiger partial charge in [-0.2, -0.15) is 10.2 Å². The van der Waals surface area contributed by atoms with Crippen molar-refractivity contribution in [1.82, 2.24) is 39.7 Å². The zero-order valence-corrected chi connectivity index (χ0v) is 39.1. The van der Waals surface area contributed by atoms with E-state index in [0.29, 0.717) is 19.0 Å². The summed E-state index contributed by atoms with van der Waals surface area (Å²) in [5.74, 6) is 2.17. The Kier molecular flexibility index (Phi) is 11.5. The van der Waals surface area contributed by atoms with Crippen molar-refractivity contribution in [1.29, 1.82) is 0 Å². The van der Waals surface area contributed by atoms with E-state index in [1.165, 1.54) is 26.4 Å². The molecule has 0 bridgehead atoms. The third-order valence-electron chi connectivity index (χ3n) is 11.7. The Bertz CT molecular complexity index is 3050. The molecule has 0 radical (unpaired) electrons. The van der Waals surface area contributed by atoms with Gasteiger partial charge in [-0.05, 0) is 154 Å². The van der Waals surface area contributed by atoms with Gasteiger partial charge in [0, 0.05) is 56.3 Å². The first-order valence-corrected chi connectivity index (χ1v) is 23.1. The number of fused-ring (bicyclic) bond motifs is 4. The topological polar surface area (TPSA) is 121 Å². The normalized spacial score (nSPS) is 14.9. The second-order valence-electron chi connectivity index (χ2n) is 17.6. The van der Waals surface area contributed by atoms with Crippen molar-refractivity contribution in [2.45, 2.75) is 65.4 Å². The fraction of sp³-hybridized carbons (Fsp3) is 0.367. The highest BCUT2D eigenvalue weighted by Gasteiger charge is 2.26. The highest BCUT2D eigenvalue weighted by atomic mass is 32.1. The molecule has 326 valence electrons. The average molecular weight is 883 g/mol. The number of amides is 1. The van der Waals surface area contributed by atoms with Crippen molar-refractivity contribution in [2.24, 2.45) is 14.1 Å². The maximum Gasteiger partial charge on any atom is 0.410 e. The summed E-state index contributed by atoms with van der Waals surface area (Å²) in [6.07, 6.45) is 8.98. The summed E-state index contributed by atoms with van der Waals surface area (Å²) in [6.45, 7) is 13.2. The molecule has 8 aromatic rings. The predicted molar refractivity (Wildman–Crippen MR) is 256 cm³/mol. The van der Waals surface area contributed by atoms with Gasteiger partial charge in [0.1, 0.15) is 33.1 Å². The van der Waals surface area contributed by atoms with Crippen LogP contribution in [0.2, 0.25) is 0 Å². The second-order valence-corrected chi connectivity index (χ2v) is 19.7. The molecule has 4 aromatic heterocycles. The van der Waals surface area contributed by atoms with E-state index in [1.54, 1.807) is 30.5 Å². The first kappa shape index (κ1) is 42.5. The van der Waals surface area contributed by atoms with E-state index >= 15 is 0 Å². The number of rotatable bonds is 6. The van der Waals surface area contributed by atoms with Gasteiger partial charge in [-0.3, -0.25) is 9.36 Å². The summed E-state index contributed by atoms with van der Waals surface area (Å²) < 4.78 is 23.0. The van der Waals surface area contributed by atoms with Crippen LogP contribution in [0.3, 0.4) is 0 Å². The molecule has 1 saturated heterocycles. The molecule has 2 aliphatic heterocycles. The molecule has 4 aromatic carbocycles. The number of thiazole rings is 2. The lowest BCUT2D eigenvalue weighted by Crippen LogP contribution is -2.39. The minimum absolute atomic E-state index is 0.274. The number of methoxy groups -OCH3 is 2. The molecule has 6 heterocycles. The molecule has 14 heteroatoms. The van der Waals surface area contributed by atoms with Crippen LogP contribution in [0.5, 0.6) is 11.5 Å². The van der Waals surface area contributed by atoms with Crippen LogP contribution in [0.25, 0.3) is 70.1 Å². The van der Waals surface area contributed by atoms with Gasteiger partial charge in [-0.15, -0.1) is 22.7 Å². The zero-order valence-electron chi connectivity index (χ0n) is 37.5. The van der Waals surface area contributed by atoms with Crippen molar-refractivity contribution in [2.75, 3.05) is 40.4 Å². The summed E-state index contributed by atoms with van der Waals surface area (Å²) in [4.78, 5) is 24.0. The van der Waals surface area contributed by atoms with Crippen LogP contribution in [-0.4, -0.2) is 86.5 Å². The number of nitrogens with zero attached hydrogens (tertiary/aromatic N) is 7. The minimum atomic E-state index is -0.498. The van der Waals surface area contributed by atoms with Gasteiger partial charge in [-0.25, -0.2) is 14.8 Å². The van der Waals surface area contributed by atoms with Crippen LogP contribution in [0, 0.1) is 13.8 Å². The highest BCUT2D eigenvalue weighted by molar-refractivity contribution is 7.19. The maximum absolute atomic E-state index is 12.4. The number of nitrogens with one attached hydrogen (secondary N) is 1. The second kappa shape index (κ2) is 17.0. The summed E-state index contributed by atoms with van der Waals surface area (Å²) in [7, 11) is 7.33. The molecule has 1 fully saturated rings. The molecule has 10 rings (SSSR count). The van der Waals surface area contributed by atoms with Gasteiger partial charge >= 0.3 is 6.09 Å². The molecule has 63 heavy (non-hydrogen) atoms. The van der Waals surface area contributed by atoms with Crippen LogP contribution in [0.1, 0.15) is 67.1 Å². The molecule has 0 aliphatic carbocycles. The van der Waals surface area contributed by atoms with Gasteiger partial charge in [0.05, 0.1) is 39.7 Å². The van der Waals surface area contributed by atoms with E-state index in [0.717, 1.165) is 109 Å². The highest BCUT2D eigenvalue weighted by Crippen LogP contribution is 2.41. The first-order valence-electron chi connectivity index (χ1n) is 21.5. The van der Waals surface area contributed by atoms with Crippen molar-refractivity contribution < 1.29 is 19.0 Å². The number of aromatic nitrogens is 6. The molecule has 12 nitrogen and oxygen atoms in total. The number of hydrogen-bond acceptors (Lipinski definition) is 11. The Balaban J connectivity index is 0.000000164. The van der Waals surface area contributed by atoms with Crippen molar-refractivity contribution in [3.8, 4) is 33.8 Å². The fourth-order valence-corrected chi connectivity index (χ4v) is 10.9. The summed E-state index contributed by atoms with van der Waals surface area (Å²) in [5, 5.41) is 17.1. The molecular formula is C49H54N8O4S2. The predicted octanol–water partition coefficient (Wildman–Crippen LogP) is 10.8. The number of benzene rings is 4. The standard InChI is InChI=1S/C27H30N4O3S.C22H24N4OS/c1-16-11-18(12-20-15-30(5)29-23(16)20)19-13-21(33-6)24-22(14-19)35-25(28-24)17-7-9-31(10-8-17)26(32)34-27(2,3)4;1-13-8-15(9-17-12-26(2)25-20(13)17)16-10-18(27-3)21-19(11-16)28-22(24-21)14-4-6-23-7-5-14/h7,11-15H,8-10H2,1-6H3;8-12,14,23H,4-7H2,1-3H3. The Morgan fingerprint density at radius 1 is 0.730 bits per heavy atom. The fourth-order valence-electron chi connectivity index (χ4n) is 8.59. The zero-order chi connectivity index (χ0) is 44.2. The summed E-state index contributed by atoms with van der Waals surface area (Å²) in [5.41, 5.74) is 11.5. The van der Waals surface area contributed by atoms with Gasteiger partial charge in [0.15, 0.2) is 0 Å². The van der Waals surface area contributed by atoms with Crippen LogP contribution in [0.15, 0.2) is 67.0 Å². The molecule has 0 saturated carbocycles. The first-order chi connectivity index (χ1) is 30.2. The third-order valence-corrected chi connectivity index (χ3v) is 13.9. The lowest BCUT2D eigenvalue weighted by Gasteiger charge is -2.29. The van der Waals surface area contributed by atoms with E-state index in [1.807, 2.05) is 61.8 Å². The molecule has 2 aliphatic rings. The number of carbonyl (C=O) groups excluding carboxylic acids is 1. The lowest BCUT2D eigenvalue weighted by molar-refractivity contribution is 0.0270. The minimum Gasteiger partial charge on any atom is -0.494 e. The quantitative estimate of drug-likeness (QED) is 0.174. The Morgan fingerprint density at radius 2 is 1.27 bits per heavy atom. The van der Waals surface area contributed by atoms with Gasteiger partial charge < -0.3 is 24.4 Å². The number of carbonyl (C=O) groups is 1. The maximum atomic E-state index is 12.4. The Hall–Kier alpha value is -5.83. The van der Waals surface area contributed by atoms with Gasteiger partial charge in [-0.1, -0.05) is 6.08 Å². The van der Waals surface area contributed by atoms with E-state index < -0.39 is 5.60 Å². The molecule has 1 amide bonds. The van der Waals surface area contributed by atoms with Crippen molar-refractivity contribution in [3.63, 3.8) is 0 Å². The van der Waals surface area contributed by atoms with E-state index in [2.05, 4.69) is 90.2 Å². The average Bonchev–Trinajstić information content (AvgIpc) is 4.07. The van der Waals surface area contributed by atoms with E-state index in [4.69, 9.17) is 24.2 Å². The molecule has 1 N–H and O–H groups in total. The molecule has 0 unspecified atom stereocenters. The van der Waals surface area contributed by atoms with Crippen molar-refractivity contribution in [3.05, 3.63) is 88.1 Å². The van der Waals surface area contributed by atoms with E-state index in [9.17, 15) is 4.79 Å². The van der Waals surface area contributed by atoms with E-state index in [-0.39, 0.29) is 6.09 Å². The van der Waals surface area contributed by atoms with Crippen LogP contribution < -0.4 is 14.8 Å². The number of hydrogen-bond donors (Lipinski definition) is 1. The Labute approximate surface area is 375 Å². The van der Waals surface area contributed by atoms with Crippen LogP contribution in [0.4, 0.5) is 4.79 Å². The number of ether oxygens (including phenoxy) is 3. The number of aryl methyl sites for hydroxylation is 4. The Morgan fingerprint density at radius 3 is 1.79 bits per heavy atom. The molecule has 0 spiro atoms. The third kappa shape index (κ3) is 8.76. The monoisotopic (exact) mass is 882 g/mol.